The second-order valence-electron chi connectivity index (χ2n) is 2.00. The van der Waals surface area contributed by atoms with E-state index in [4.69, 9.17) is 5.73 Å². The molecule has 1 unspecified atom stereocenters. The van der Waals surface area contributed by atoms with Gasteiger partial charge in [-0.25, -0.2) is 0 Å². The minimum atomic E-state index is 0.493. The smallest absolute Gasteiger partial charge is 0.0291 e. The first-order valence-electron chi connectivity index (χ1n) is 2.52. The lowest BCUT2D eigenvalue weighted by Crippen LogP contribution is -2.18. The average molecular weight is 166 g/mol. The molecule has 0 aliphatic heterocycles. The highest BCUT2D eigenvalue weighted by molar-refractivity contribution is 9.09. The van der Waals surface area contributed by atoms with Gasteiger partial charge in [-0.2, -0.15) is 0 Å². The van der Waals surface area contributed by atoms with Crippen LogP contribution < -0.4 is 5.73 Å². The van der Waals surface area contributed by atoms with E-state index in [1.807, 2.05) is 0 Å². The molecule has 0 aromatic heterocycles. The summed E-state index contributed by atoms with van der Waals surface area (Å²) < 4.78 is 0. The minimum absolute atomic E-state index is 0.493. The Morgan fingerprint density at radius 3 is 2.00 bits per heavy atom. The molecule has 44 valence electrons. The van der Waals surface area contributed by atoms with E-state index in [9.17, 15) is 0 Å². The van der Waals surface area contributed by atoms with Crippen molar-refractivity contribution >= 4 is 15.9 Å². The molecule has 0 heterocycles. The Balaban J connectivity index is 3.14. The lowest BCUT2D eigenvalue weighted by Gasteiger charge is -2.08. The van der Waals surface area contributed by atoms with Crippen molar-refractivity contribution in [3.63, 3.8) is 0 Å². The minimum Gasteiger partial charge on any atom is -0.329 e. The largest absolute Gasteiger partial charge is 0.329 e. The van der Waals surface area contributed by atoms with Crippen LogP contribution in [0.5, 0.6) is 0 Å². The van der Waals surface area contributed by atoms with E-state index >= 15 is 0 Å². The molecule has 0 amide bonds. The first kappa shape index (κ1) is 7.44. The van der Waals surface area contributed by atoms with Crippen molar-refractivity contribution in [3.8, 4) is 0 Å². The summed E-state index contributed by atoms with van der Waals surface area (Å²) in [5, 5.41) is 0. The summed E-state index contributed by atoms with van der Waals surface area (Å²) in [6.07, 6.45) is 0. The van der Waals surface area contributed by atoms with Gasteiger partial charge in [-0.1, -0.05) is 29.8 Å². The van der Waals surface area contributed by atoms with Crippen LogP contribution in [-0.4, -0.2) is 11.4 Å². The molecule has 0 bridgehead atoms. The van der Waals surface area contributed by atoms with Crippen molar-refractivity contribution in [1.82, 2.24) is 0 Å². The molecule has 0 aromatic carbocycles. The van der Waals surface area contributed by atoms with Crippen LogP contribution in [0.4, 0.5) is 0 Å². The van der Waals surface area contributed by atoms with Gasteiger partial charge in [-0.05, 0) is 5.92 Å². The van der Waals surface area contributed by atoms with Crippen LogP contribution in [0.15, 0.2) is 0 Å². The molecule has 0 fully saturated rings. The van der Waals surface area contributed by atoms with Gasteiger partial charge in [0.15, 0.2) is 0 Å². The second-order valence-corrected chi connectivity index (χ2v) is 3.17. The lowest BCUT2D eigenvalue weighted by molar-refractivity contribution is 0.622. The summed E-state index contributed by atoms with van der Waals surface area (Å²) in [6, 6.07) is 0. The van der Waals surface area contributed by atoms with E-state index < -0.39 is 0 Å². The molecule has 0 rings (SSSR count). The third-order valence-corrected chi connectivity index (χ3v) is 2.38. The van der Waals surface area contributed by atoms with Gasteiger partial charge in [-0.3, -0.25) is 0 Å². The summed E-state index contributed by atoms with van der Waals surface area (Å²) >= 11 is 3.42. The Bertz CT molecular complexity index is 45.3. The van der Waals surface area contributed by atoms with Crippen molar-refractivity contribution in [1.29, 1.82) is 0 Å². The van der Waals surface area contributed by atoms with Gasteiger partial charge in [0, 0.05) is 11.4 Å². The summed E-state index contributed by atoms with van der Waals surface area (Å²) in [6.45, 7) is 5.02. The Morgan fingerprint density at radius 1 is 1.57 bits per heavy atom. The molecule has 0 spiro atoms. The van der Waals surface area contributed by atoms with E-state index in [1.54, 1.807) is 0 Å². The molecule has 2 heteroatoms. The summed E-state index contributed by atoms with van der Waals surface area (Å²) in [5.74, 6) is 0.657. The van der Waals surface area contributed by atoms with E-state index in [0.717, 1.165) is 6.54 Å². The Kier molecular flexibility index (Phi) is 3.66. The normalized spacial score (nSPS) is 15.0. The van der Waals surface area contributed by atoms with Crippen molar-refractivity contribution in [3.05, 3.63) is 0 Å². The van der Waals surface area contributed by atoms with Crippen LogP contribution >= 0.6 is 15.9 Å². The molecule has 0 aliphatic carbocycles. The Morgan fingerprint density at radius 2 is 2.00 bits per heavy atom. The Labute approximate surface area is 53.4 Å². The van der Waals surface area contributed by atoms with Gasteiger partial charge in [0.25, 0.3) is 0 Å². The summed E-state index contributed by atoms with van der Waals surface area (Å²) in [5.41, 5.74) is 5.33. The third kappa shape index (κ3) is 3.06. The molecule has 1 atom stereocenters. The fourth-order valence-electron chi connectivity index (χ4n) is 0.272. The molecule has 7 heavy (non-hydrogen) atoms. The predicted octanol–water partition coefficient (Wildman–Crippen LogP) is 1.36. The number of nitrogens with two attached hydrogens (primary N) is 1. The van der Waals surface area contributed by atoms with Crippen molar-refractivity contribution in [2.75, 3.05) is 6.54 Å². The van der Waals surface area contributed by atoms with Gasteiger partial charge < -0.3 is 5.73 Å². The maximum Gasteiger partial charge on any atom is 0.0291 e. The van der Waals surface area contributed by atoms with Crippen molar-refractivity contribution in [2.45, 2.75) is 18.7 Å². The first-order valence-corrected chi connectivity index (χ1v) is 3.44. The highest BCUT2D eigenvalue weighted by Crippen LogP contribution is 2.08. The first-order chi connectivity index (χ1) is 3.18. The van der Waals surface area contributed by atoms with E-state index in [2.05, 4.69) is 29.8 Å². The molecular weight excluding hydrogens is 154 g/mol. The molecule has 2 N–H and O–H groups in total. The van der Waals surface area contributed by atoms with Gasteiger partial charge in [-0.15, -0.1) is 0 Å². The Hall–Kier alpha value is 0.440. The molecule has 0 saturated heterocycles. The van der Waals surface area contributed by atoms with E-state index in [-0.39, 0.29) is 0 Å². The molecule has 0 radical (unpaired) electrons. The molecule has 0 aliphatic rings. The lowest BCUT2D eigenvalue weighted by atomic mass is 10.1. The number of halogens is 1. The summed E-state index contributed by atoms with van der Waals surface area (Å²) in [7, 11) is 0. The fraction of sp³-hybridized carbons (Fsp3) is 1.00. The summed E-state index contributed by atoms with van der Waals surface area (Å²) in [4.78, 5) is 0.493. The number of hydrogen-bond acceptors (Lipinski definition) is 1. The third-order valence-electron chi connectivity index (χ3n) is 0.949. The maximum atomic E-state index is 5.33. The van der Waals surface area contributed by atoms with Crippen LogP contribution in [0.2, 0.25) is 0 Å². The zero-order chi connectivity index (χ0) is 5.86. The zero-order valence-electron chi connectivity index (χ0n) is 4.82. The van der Waals surface area contributed by atoms with Crippen molar-refractivity contribution in [2.24, 2.45) is 11.7 Å². The topological polar surface area (TPSA) is 26.0 Å². The van der Waals surface area contributed by atoms with E-state index in [0.29, 0.717) is 10.7 Å². The highest BCUT2D eigenvalue weighted by atomic mass is 79.9. The number of hydrogen-bond donors (Lipinski definition) is 1. The van der Waals surface area contributed by atoms with Gasteiger partial charge in [0.2, 0.25) is 0 Å². The van der Waals surface area contributed by atoms with Gasteiger partial charge in [0.05, 0.1) is 0 Å². The average Bonchev–Trinajstić information content (AvgIpc) is 1.65. The van der Waals surface area contributed by atoms with Crippen LogP contribution in [0.3, 0.4) is 0 Å². The highest BCUT2D eigenvalue weighted by Gasteiger charge is 2.03. The molecule has 0 aromatic rings. The van der Waals surface area contributed by atoms with Crippen LogP contribution in [0.1, 0.15) is 13.8 Å². The van der Waals surface area contributed by atoms with Gasteiger partial charge >= 0.3 is 0 Å². The van der Waals surface area contributed by atoms with Crippen LogP contribution in [0.25, 0.3) is 0 Å². The van der Waals surface area contributed by atoms with Crippen LogP contribution in [0, 0.1) is 5.92 Å². The second kappa shape index (κ2) is 3.44. The number of alkyl halides is 1. The monoisotopic (exact) mass is 165 g/mol. The van der Waals surface area contributed by atoms with Crippen LogP contribution in [-0.2, 0) is 0 Å². The SMILES string of the molecule is CC(C)C(Br)CN. The molecule has 1 nitrogen and oxygen atoms in total. The molecule has 0 saturated carbocycles. The standard InChI is InChI=1S/C5H12BrN/c1-4(2)5(6)3-7/h4-5H,3,7H2,1-2H3. The fourth-order valence-corrected chi connectivity index (χ4v) is 0.272. The molecular formula is C5H12BrN. The number of rotatable bonds is 2. The van der Waals surface area contributed by atoms with E-state index in [1.165, 1.54) is 0 Å². The maximum absolute atomic E-state index is 5.33. The quantitative estimate of drug-likeness (QED) is 0.616. The van der Waals surface area contributed by atoms with Gasteiger partial charge in [0.1, 0.15) is 0 Å². The predicted molar refractivity (Wildman–Crippen MR) is 36.6 cm³/mol. The van der Waals surface area contributed by atoms with Crippen molar-refractivity contribution < 1.29 is 0 Å². The zero-order valence-corrected chi connectivity index (χ0v) is 6.40.